The number of hydrogen-bond donors (Lipinski definition) is 1. The number of hydrogen-bond acceptors (Lipinski definition) is 4. The first kappa shape index (κ1) is 16.6. The fourth-order valence-corrected chi connectivity index (χ4v) is 4.78. The maximum atomic E-state index is 12.9. The van der Waals surface area contributed by atoms with Crippen LogP contribution in [0.5, 0.6) is 0 Å². The number of halogens is 1. The molecule has 3 heterocycles. The number of thiophene rings is 1. The van der Waals surface area contributed by atoms with Gasteiger partial charge in [0, 0.05) is 24.5 Å². The summed E-state index contributed by atoms with van der Waals surface area (Å²) in [6, 6.07) is 9.70. The predicted molar refractivity (Wildman–Crippen MR) is 102 cm³/mol. The molecule has 1 aliphatic heterocycles. The van der Waals surface area contributed by atoms with Gasteiger partial charge in [0.2, 0.25) is 0 Å². The van der Waals surface area contributed by atoms with Gasteiger partial charge in [-0.05, 0) is 38.0 Å². The van der Waals surface area contributed by atoms with E-state index in [0.717, 1.165) is 45.9 Å². The van der Waals surface area contributed by atoms with Crippen LogP contribution >= 0.6 is 22.9 Å². The van der Waals surface area contributed by atoms with Gasteiger partial charge in [0.05, 0.1) is 21.3 Å². The van der Waals surface area contributed by atoms with Crippen molar-refractivity contribution in [1.29, 1.82) is 0 Å². The molecule has 1 saturated heterocycles. The van der Waals surface area contributed by atoms with Gasteiger partial charge in [0.25, 0.3) is 5.91 Å². The molecular weight excluding hydrogens is 356 g/mol. The highest BCUT2D eigenvalue weighted by molar-refractivity contribution is 7.20. The van der Waals surface area contributed by atoms with E-state index in [1.54, 1.807) is 0 Å². The minimum atomic E-state index is 0.0688. The average Bonchev–Trinajstić information content (AvgIpc) is 3.31. The molecule has 1 unspecified atom stereocenters. The third-order valence-corrected chi connectivity index (χ3v) is 6.16. The van der Waals surface area contributed by atoms with Crippen LogP contribution < -0.4 is 5.73 Å². The number of fused-ring (bicyclic) bond motifs is 1. The lowest BCUT2D eigenvalue weighted by atomic mass is 10.2. The molecule has 2 aromatic heterocycles. The molecule has 1 fully saturated rings. The lowest BCUT2D eigenvalue weighted by Crippen LogP contribution is -2.39. The van der Waals surface area contributed by atoms with Gasteiger partial charge in [0.15, 0.2) is 0 Å². The van der Waals surface area contributed by atoms with Crippen LogP contribution in [-0.2, 0) is 0 Å². The van der Waals surface area contributed by atoms with Gasteiger partial charge >= 0.3 is 0 Å². The predicted octanol–water partition coefficient (Wildman–Crippen LogP) is 3.61. The Morgan fingerprint density at radius 2 is 2.24 bits per heavy atom. The Morgan fingerprint density at radius 1 is 1.44 bits per heavy atom. The summed E-state index contributed by atoms with van der Waals surface area (Å²) in [5, 5.41) is 6.24. The molecule has 25 heavy (non-hydrogen) atoms. The highest BCUT2D eigenvalue weighted by Gasteiger charge is 2.30. The van der Waals surface area contributed by atoms with Crippen LogP contribution in [0.4, 0.5) is 0 Å². The first-order valence-electron chi connectivity index (χ1n) is 8.35. The zero-order chi connectivity index (χ0) is 17.6. The Kier molecular flexibility index (Phi) is 4.27. The number of benzene rings is 1. The second-order valence-electron chi connectivity index (χ2n) is 6.31. The summed E-state index contributed by atoms with van der Waals surface area (Å²) in [6.07, 6.45) is 2.00. The van der Waals surface area contributed by atoms with E-state index in [0.29, 0.717) is 11.6 Å². The summed E-state index contributed by atoms with van der Waals surface area (Å²) in [5.74, 6) is 0.0688. The second kappa shape index (κ2) is 6.44. The van der Waals surface area contributed by atoms with Crippen LogP contribution in [0.15, 0.2) is 30.3 Å². The molecule has 0 bridgehead atoms. The van der Waals surface area contributed by atoms with Gasteiger partial charge in [0.1, 0.15) is 4.83 Å². The molecule has 1 atom stereocenters. The number of aromatic nitrogens is 2. The first-order valence-corrected chi connectivity index (χ1v) is 9.54. The van der Waals surface area contributed by atoms with Crippen molar-refractivity contribution < 1.29 is 4.79 Å². The molecule has 7 heteroatoms. The number of nitrogens with two attached hydrogens (primary N) is 1. The van der Waals surface area contributed by atoms with Gasteiger partial charge in [-0.1, -0.05) is 23.7 Å². The molecule has 5 nitrogen and oxygen atoms in total. The minimum Gasteiger partial charge on any atom is -0.334 e. The lowest BCUT2D eigenvalue weighted by Gasteiger charge is -2.22. The third kappa shape index (κ3) is 2.74. The van der Waals surface area contributed by atoms with Crippen LogP contribution in [0.3, 0.4) is 0 Å². The van der Waals surface area contributed by atoms with E-state index in [4.69, 9.17) is 17.3 Å². The molecule has 4 rings (SSSR count). The molecular formula is C18H19ClN4OS. The maximum Gasteiger partial charge on any atom is 0.264 e. The SMILES string of the molecule is Cc1nn(-c2ccccc2Cl)c2sc(C(=O)N3CCCC3CN)cc12. The normalized spacial score (nSPS) is 17.6. The summed E-state index contributed by atoms with van der Waals surface area (Å²) in [5.41, 5.74) is 7.53. The summed E-state index contributed by atoms with van der Waals surface area (Å²) in [4.78, 5) is 16.5. The lowest BCUT2D eigenvalue weighted by molar-refractivity contribution is 0.0746. The topological polar surface area (TPSA) is 64.2 Å². The molecule has 0 aliphatic carbocycles. The van der Waals surface area contributed by atoms with Crippen molar-refractivity contribution in [3.63, 3.8) is 0 Å². The highest BCUT2D eigenvalue weighted by Crippen LogP contribution is 2.33. The number of para-hydroxylation sites is 1. The standard InChI is InChI=1S/C18H19ClN4OS/c1-11-13-9-16(17(24)22-8-4-5-12(22)10-20)25-18(13)23(21-11)15-7-3-2-6-14(15)19/h2-3,6-7,9,12H,4-5,8,10,20H2,1H3. The fourth-order valence-electron chi connectivity index (χ4n) is 3.43. The number of aryl methyl sites for hydroxylation is 1. The van der Waals surface area contributed by atoms with Crippen LogP contribution in [0.2, 0.25) is 5.02 Å². The van der Waals surface area contributed by atoms with Crippen molar-refractivity contribution >= 4 is 39.1 Å². The quantitative estimate of drug-likeness (QED) is 0.761. The molecule has 3 aromatic rings. The van der Waals surface area contributed by atoms with E-state index in [2.05, 4.69) is 5.10 Å². The summed E-state index contributed by atoms with van der Waals surface area (Å²) >= 11 is 7.80. The van der Waals surface area contributed by atoms with E-state index in [1.165, 1.54) is 11.3 Å². The number of likely N-dealkylation sites (tertiary alicyclic amines) is 1. The monoisotopic (exact) mass is 374 g/mol. The first-order chi connectivity index (χ1) is 12.1. The van der Waals surface area contributed by atoms with Crippen molar-refractivity contribution in [2.75, 3.05) is 13.1 Å². The molecule has 0 saturated carbocycles. The van der Waals surface area contributed by atoms with Gasteiger partial charge in [-0.3, -0.25) is 4.79 Å². The average molecular weight is 375 g/mol. The maximum absolute atomic E-state index is 12.9. The van der Waals surface area contributed by atoms with Crippen molar-refractivity contribution in [3.05, 3.63) is 45.9 Å². The molecule has 2 N–H and O–H groups in total. The molecule has 0 radical (unpaired) electrons. The zero-order valence-corrected chi connectivity index (χ0v) is 15.5. The van der Waals surface area contributed by atoms with Gasteiger partial charge in [-0.2, -0.15) is 5.10 Å². The fraction of sp³-hybridized carbons (Fsp3) is 0.333. The Morgan fingerprint density at radius 3 is 3.00 bits per heavy atom. The molecule has 130 valence electrons. The molecule has 0 spiro atoms. The highest BCUT2D eigenvalue weighted by atomic mass is 35.5. The van der Waals surface area contributed by atoms with Crippen molar-refractivity contribution in [1.82, 2.24) is 14.7 Å². The summed E-state index contributed by atoms with van der Waals surface area (Å²) < 4.78 is 1.83. The van der Waals surface area contributed by atoms with Gasteiger partial charge < -0.3 is 10.6 Å². The van der Waals surface area contributed by atoms with Crippen molar-refractivity contribution in [2.24, 2.45) is 5.73 Å². The van der Waals surface area contributed by atoms with Crippen molar-refractivity contribution in [2.45, 2.75) is 25.8 Å². The third-order valence-electron chi connectivity index (χ3n) is 4.75. The van der Waals surface area contributed by atoms with E-state index in [1.807, 2.05) is 46.8 Å². The molecule has 1 aromatic carbocycles. The Labute approximate surface area is 155 Å². The Balaban J connectivity index is 1.78. The largest absolute Gasteiger partial charge is 0.334 e. The molecule has 1 amide bonds. The summed E-state index contributed by atoms with van der Waals surface area (Å²) in [6.45, 7) is 3.25. The van der Waals surface area contributed by atoms with Crippen LogP contribution in [0.25, 0.3) is 15.9 Å². The van der Waals surface area contributed by atoms with Gasteiger partial charge in [-0.25, -0.2) is 4.68 Å². The summed E-state index contributed by atoms with van der Waals surface area (Å²) in [7, 11) is 0. The van der Waals surface area contributed by atoms with Crippen LogP contribution in [-0.4, -0.2) is 39.7 Å². The Hall–Kier alpha value is -1.89. The molecule has 1 aliphatic rings. The second-order valence-corrected chi connectivity index (χ2v) is 7.75. The zero-order valence-electron chi connectivity index (χ0n) is 13.9. The Bertz CT molecular complexity index is 948. The number of amides is 1. The number of nitrogens with zero attached hydrogens (tertiary/aromatic N) is 3. The number of carbonyl (C=O) groups is 1. The van der Waals surface area contributed by atoms with Crippen molar-refractivity contribution in [3.8, 4) is 5.69 Å². The number of rotatable bonds is 3. The van der Waals surface area contributed by atoms with Crippen LogP contribution in [0.1, 0.15) is 28.2 Å². The number of carbonyl (C=O) groups excluding carboxylic acids is 1. The van der Waals surface area contributed by atoms with E-state index in [-0.39, 0.29) is 11.9 Å². The van der Waals surface area contributed by atoms with E-state index >= 15 is 0 Å². The van der Waals surface area contributed by atoms with E-state index in [9.17, 15) is 4.79 Å². The van der Waals surface area contributed by atoms with Gasteiger partial charge in [-0.15, -0.1) is 11.3 Å². The van der Waals surface area contributed by atoms with Crippen LogP contribution in [0, 0.1) is 6.92 Å². The minimum absolute atomic E-state index is 0.0688. The smallest absolute Gasteiger partial charge is 0.264 e. The van der Waals surface area contributed by atoms with E-state index < -0.39 is 0 Å².